The molecule has 4 rings (SSSR count). The maximum atomic E-state index is 12.6. The monoisotopic (exact) mass is 352 g/mol. The topological polar surface area (TPSA) is 59.8 Å². The van der Waals surface area contributed by atoms with Crippen LogP contribution in [0.15, 0.2) is 54.7 Å². The van der Waals surface area contributed by atoms with E-state index in [0.29, 0.717) is 16.7 Å². The van der Waals surface area contributed by atoms with Crippen molar-refractivity contribution in [3.05, 3.63) is 71.0 Å². The van der Waals surface area contributed by atoms with Crippen LogP contribution in [0.5, 0.6) is 0 Å². The Hall–Kier alpha value is -2.66. The predicted molar refractivity (Wildman–Crippen MR) is 97.0 cm³/mol. The lowest BCUT2D eigenvalue weighted by Gasteiger charge is -2.08. The number of carbonyl (C=O) groups is 1. The Morgan fingerprint density at radius 2 is 2.04 bits per heavy atom. The molecular weight excluding hydrogens is 336 g/mol. The molecule has 0 saturated heterocycles. The van der Waals surface area contributed by atoms with Crippen LogP contribution in [0.1, 0.15) is 23.6 Å². The second kappa shape index (κ2) is 6.33. The van der Waals surface area contributed by atoms with Gasteiger partial charge in [-0.15, -0.1) is 0 Å². The largest absolute Gasteiger partial charge is 0.310 e. The molecule has 25 heavy (non-hydrogen) atoms. The minimum atomic E-state index is -0.0198. The van der Waals surface area contributed by atoms with Gasteiger partial charge in [0.25, 0.3) is 0 Å². The number of carbonyl (C=O) groups excluding carboxylic acids is 1. The lowest BCUT2D eigenvalue weighted by Crippen LogP contribution is -2.17. The standard InChI is InChI=1S/C19H17ClN4O/c1-12-10-18(24(23-12)17-4-2-3-9-21-17)22-19(25)16-11-15(16)13-5-7-14(20)8-6-13/h2-10,15-16H,11H2,1H3,(H,22,25)/t15-,16+/m1/s1. The summed E-state index contributed by atoms with van der Waals surface area (Å²) < 4.78 is 1.66. The van der Waals surface area contributed by atoms with Crippen LogP contribution >= 0.6 is 11.6 Å². The molecule has 0 unspecified atom stereocenters. The third-order valence-electron chi connectivity index (χ3n) is 4.37. The van der Waals surface area contributed by atoms with Gasteiger partial charge in [0.2, 0.25) is 5.91 Å². The Kier molecular flexibility index (Phi) is 4.01. The molecule has 0 bridgehead atoms. The fraction of sp³-hybridized carbons (Fsp3) is 0.211. The van der Waals surface area contributed by atoms with Crippen LogP contribution in [-0.4, -0.2) is 20.7 Å². The van der Waals surface area contributed by atoms with Gasteiger partial charge in [-0.2, -0.15) is 9.78 Å². The van der Waals surface area contributed by atoms with E-state index in [1.165, 1.54) is 0 Å². The molecule has 5 nitrogen and oxygen atoms in total. The molecule has 1 amide bonds. The Morgan fingerprint density at radius 1 is 1.24 bits per heavy atom. The van der Waals surface area contributed by atoms with E-state index in [9.17, 15) is 4.79 Å². The molecule has 0 spiro atoms. The van der Waals surface area contributed by atoms with Crippen LogP contribution < -0.4 is 5.32 Å². The van der Waals surface area contributed by atoms with E-state index in [4.69, 9.17) is 11.6 Å². The highest BCUT2D eigenvalue weighted by molar-refractivity contribution is 6.30. The molecule has 0 radical (unpaired) electrons. The number of hydrogen-bond acceptors (Lipinski definition) is 3. The average molecular weight is 353 g/mol. The summed E-state index contributed by atoms with van der Waals surface area (Å²) in [4.78, 5) is 16.9. The van der Waals surface area contributed by atoms with Crippen molar-refractivity contribution in [1.29, 1.82) is 0 Å². The third kappa shape index (κ3) is 3.28. The van der Waals surface area contributed by atoms with Crippen molar-refractivity contribution in [2.75, 3.05) is 5.32 Å². The molecular formula is C19H17ClN4O. The molecule has 6 heteroatoms. The second-order valence-electron chi connectivity index (χ2n) is 6.26. The SMILES string of the molecule is Cc1cc(NC(=O)[C@H]2C[C@@H]2c2ccc(Cl)cc2)n(-c2ccccn2)n1. The number of anilines is 1. The Labute approximate surface area is 150 Å². The van der Waals surface area contributed by atoms with Crippen LogP contribution in [0, 0.1) is 12.8 Å². The van der Waals surface area contributed by atoms with Gasteiger partial charge < -0.3 is 5.32 Å². The van der Waals surface area contributed by atoms with Gasteiger partial charge in [-0.1, -0.05) is 29.8 Å². The van der Waals surface area contributed by atoms with Crippen molar-refractivity contribution in [3.8, 4) is 5.82 Å². The number of aryl methyl sites for hydroxylation is 1. The minimum absolute atomic E-state index is 0.0111. The highest BCUT2D eigenvalue weighted by atomic mass is 35.5. The first-order valence-electron chi connectivity index (χ1n) is 8.16. The van der Waals surface area contributed by atoms with Crippen LogP contribution in [0.4, 0.5) is 5.82 Å². The number of benzene rings is 1. The van der Waals surface area contributed by atoms with Gasteiger partial charge >= 0.3 is 0 Å². The summed E-state index contributed by atoms with van der Waals surface area (Å²) in [7, 11) is 0. The zero-order valence-electron chi connectivity index (χ0n) is 13.7. The van der Waals surface area contributed by atoms with Crippen LogP contribution in [0.2, 0.25) is 5.02 Å². The molecule has 1 N–H and O–H groups in total. The Balaban J connectivity index is 1.50. The fourth-order valence-corrected chi connectivity index (χ4v) is 3.15. The molecule has 0 aliphatic heterocycles. The van der Waals surface area contributed by atoms with E-state index < -0.39 is 0 Å². The summed E-state index contributed by atoms with van der Waals surface area (Å²) >= 11 is 5.93. The fourth-order valence-electron chi connectivity index (χ4n) is 3.02. The summed E-state index contributed by atoms with van der Waals surface area (Å²) in [6.45, 7) is 1.89. The van der Waals surface area contributed by atoms with E-state index >= 15 is 0 Å². The van der Waals surface area contributed by atoms with Gasteiger partial charge in [0.1, 0.15) is 5.82 Å². The van der Waals surface area contributed by atoms with Crippen LogP contribution in [0.3, 0.4) is 0 Å². The maximum Gasteiger partial charge on any atom is 0.229 e. The van der Waals surface area contributed by atoms with E-state index in [0.717, 1.165) is 17.7 Å². The smallest absolute Gasteiger partial charge is 0.229 e. The molecule has 2 heterocycles. The number of halogens is 1. The molecule has 126 valence electrons. The first-order chi connectivity index (χ1) is 12.1. The number of nitrogens with zero attached hydrogens (tertiary/aromatic N) is 3. The van der Waals surface area contributed by atoms with E-state index in [1.54, 1.807) is 10.9 Å². The number of aromatic nitrogens is 3. The molecule has 1 fully saturated rings. The minimum Gasteiger partial charge on any atom is -0.310 e. The second-order valence-corrected chi connectivity index (χ2v) is 6.70. The van der Waals surface area contributed by atoms with Gasteiger partial charge in [0.05, 0.1) is 5.69 Å². The first kappa shape index (κ1) is 15.8. The highest BCUT2D eigenvalue weighted by Crippen LogP contribution is 2.48. The molecule has 1 aromatic carbocycles. The Morgan fingerprint density at radius 3 is 2.76 bits per heavy atom. The molecule has 1 saturated carbocycles. The maximum absolute atomic E-state index is 12.6. The number of rotatable bonds is 4. The zero-order valence-corrected chi connectivity index (χ0v) is 14.4. The van der Waals surface area contributed by atoms with Crippen LogP contribution in [-0.2, 0) is 4.79 Å². The molecule has 3 aromatic rings. The van der Waals surface area contributed by atoms with Crippen LogP contribution in [0.25, 0.3) is 5.82 Å². The van der Waals surface area contributed by atoms with Gasteiger partial charge in [0, 0.05) is 23.2 Å². The number of amides is 1. The predicted octanol–water partition coefficient (Wildman–Crippen LogP) is 3.97. The molecule has 1 aliphatic rings. The molecule has 2 aromatic heterocycles. The summed E-state index contributed by atoms with van der Waals surface area (Å²) in [5.41, 5.74) is 1.98. The van der Waals surface area contributed by atoms with Crippen molar-refractivity contribution in [1.82, 2.24) is 14.8 Å². The van der Waals surface area contributed by atoms with Gasteiger partial charge in [-0.05, 0) is 49.1 Å². The van der Waals surface area contributed by atoms with Crippen molar-refractivity contribution < 1.29 is 4.79 Å². The van der Waals surface area contributed by atoms with Gasteiger partial charge in [-0.25, -0.2) is 4.98 Å². The van der Waals surface area contributed by atoms with E-state index in [2.05, 4.69) is 15.4 Å². The van der Waals surface area contributed by atoms with Crippen molar-refractivity contribution in [2.45, 2.75) is 19.3 Å². The number of nitrogens with one attached hydrogen (secondary N) is 1. The summed E-state index contributed by atoms with van der Waals surface area (Å²) in [6.07, 6.45) is 2.56. The van der Waals surface area contributed by atoms with E-state index in [-0.39, 0.29) is 17.7 Å². The van der Waals surface area contributed by atoms with Crippen molar-refractivity contribution in [3.63, 3.8) is 0 Å². The molecule has 1 aliphatic carbocycles. The Bertz CT molecular complexity index is 905. The summed E-state index contributed by atoms with van der Waals surface area (Å²) in [6, 6.07) is 15.2. The highest BCUT2D eigenvalue weighted by Gasteiger charge is 2.44. The summed E-state index contributed by atoms with van der Waals surface area (Å²) in [5.74, 6) is 1.56. The summed E-state index contributed by atoms with van der Waals surface area (Å²) in [5, 5.41) is 8.13. The van der Waals surface area contributed by atoms with E-state index in [1.807, 2.05) is 55.5 Å². The molecule has 2 atom stereocenters. The van der Waals surface area contributed by atoms with Gasteiger partial charge in [0.15, 0.2) is 5.82 Å². The number of hydrogen-bond donors (Lipinski definition) is 1. The zero-order chi connectivity index (χ0) is 17.4. The van der Waals surface area contributed by atoms with Gasteiger partial charge in [-0.3, -0.25) is 4.79 Å². The quantitative estimate of drug-likeness (QED) is 0.772. The normalized spacial score (nSPS) is 18.8. The first-order valence-corrected chi connectivity index (χ1v) is 8.54. The lowest BCUT2D eigenvalue weighted by atomic mass is 10.1. The van der Waals surface area contributed by atoms with Crippen molar-refractivity contribution in [2.24, 2.45) is 5.92 Å². The third-order valence-corrected chi connectivity index (χ3v) is 4.63. The average Bonchev–Trinajstić information content (AvgIpc) is 3.34. The van der Waals surface area contributed by atoms with Crippen molar-refractivity contribution >= 4 is 23.3 Å². The lowest BCUT2D eigenvalue weighted by molar-refractivity contribution is -0.117. The number of pyridine rings is 1.